The van der Waals surface area contributed by atoms with Crippen molar-refractivity contribution >= 4 is 28.8 Å². The lowest BCUT2D eigenvalue weighted by atomic mass is 9.97. The molecule has 1 aliphatic rings. The number of carbonyl (C=O) groups is 2. The van der Waals surface area contributed by atoms with Crippen molar-refractivity contribution < 1.29 is 9.59 Å². The number of hydrogen-bond acceptors (Lipinski definition) is 4. The van der Waals surface area contributed by atoms with Crippen molar-refractivity contribution in [3.63, 3.8) is 0 Å². The second kappa shape index (κ2) is 10.8. The first-order valence-electron chi connectivity index (χ1n) is 11.8. The molecular weight excluding hydrogens is 430 g/mol. The third-order valence-electron chi connectivity index (χ3n) is 6.26. The van der Waals surface area contributed by atoms with Gasteiger partial charge in [0.2, 0.25) is 5.91 Å². The molecule has 0 spiro atoms. The van der Waals surface area contributed by atoms with Crippen LogP contribution in [0.25, 0.3) is 11.1 Å². The Hall–Kier alpha value is -2.99. The molecule has 2 amide bonds. The fraction of sp³-hybridized carbons (Fsp3) is 0.370. The van der Waals surface area contributed by atoms with E-state index in [1.165, 1.54) is 5.56 Å². The zero-order valence-corrected chi connectivity index (χ0v) is 20.2. The Morgan fingerprint density at radius 3 is 2.48 bits per heavy atom. The highest BCUT2D eigenvalue weighted by Gasteiger charge is 2.26. The van der Waals surface area contributed by atoms with Crippen LogP contribution in [-0.4, -0.2) is 34.8 Å². The number of aryl methyl sites for hydroxylation is 1. The SMILES string of the molecule is CCCC(=O)N1CCC(c2nc(C(=O)Nc3ccccc3-c3ccc(CC)cc3)cs2)CC1. The van der Waals surface area contributed by atoms with Gasteiger partial charge in [-0.3, -0.25) is 9.59 Å². The standard InChI is InChI=1S/C27H31N3O2S/c1-3-7-25(31)30-16-14-21(15-17-30)27-29-24(18-33-27)26(32)28-23-9-6-5-8-22(23)20-12-10-19(4-2)11-13-20/h5-6,8-13,18,21H,3-4,7,14-17H2,1-2H3,(H,28,32). The van der Waals surface area contributed by atoms with Gasteiger partial charge in [-0.05, 0) is 42.9 Å². The third-order valence-corrected chi connectivity index (χ3v) is 7.27. The van der Waals surface area contributed by atoms with Crippen LogP contribution in [0.4, 0.5) is 5.69 Å². The molecule has 172 valence electrons. The molecule has 0 bridgehead atoms. The highest BCUT2D eigenvalue weighted by Crippen LogP contribution is 2.32. The summed E-state index contributed by atoms with van der Waals surface area (Å²) in [4.78, 5) is 31.7. The van der Waals surface area contributed by atoms with Crippen LogP contribution in [0.1, 0.15) is 66.5 Å². The number of rotatable bonds is 7. The predicted molar refractivity (Wildman–Crippen MR) is 135 cm³/mol. The number of aromatic nitrogens is 1. The maximum atomic E-state index is 13.0. The molecule has 4 rings (SSSR count). The lowest BCUT2D eigenvalue weighted by Crippen LogP contribution is -2.37. The van der Waals surface area contributed by atoms with Crippen molar-refractivity contribution in [3.05, 3.63) is 70.2 Å². The lowest BCUT2D eigenvalue weighted by Gasteiger charge is -2.31. The zero-order valence-electron chi connectivity index (χ0n) is 19.3. The van der Waals surface area contributed by atoms with E-state index < -0.39 is 0 Å². The summed E-state index contributed by atoms with van der Waals surface area (Å²) in [5, 5.41) is 5.90. The Morgan fingerprint density at radius 1 is 1.06 bits per heavy atom. The Balaban J connectivity index is 1.42. The number of benzene rings is 2. The summed E-state index contributed by atoms with van der Waals surface area (Å²) in [7, 11) is 0. The fourth-order valence-electron chi connectivity index (χ4n) is 4.28. The van der Waals surface area contributed by atoms with Crippen LogP contribution in [0.3, 0.4) is 0 Å². The van der Waals surface area contributed by atoms with Crippen LogP contribution in [0, 0.1) is 0 Å². The number of nitrogens with one attached hydrogen (secondary N) is 1. The van der Waals surface area contributed by atoms with Gasteiger partial charge in [-0.15, -0.1) is 11.3 Å². The Kier molecular flexibility index (Phi) is 7.55. The first-order valence-corrected chi connectivity index (χ1v) is 12.7. The molecule has 5 nitrogen and oxygen atoms in total. The van der Waals surface area contributed by atoms with Crippen LogP contribution in [0.2, 0.25) is 0 Å². The Labute approximate surface area is 199 Å². The third kappa shape index (κ3) is 5.50. The van der Waals surface area contributed by atoms with Gasteiger partial charge in [-0.25, -0.2) is 4.98 Å². The summed E-state index contributed by atoms with van der Waals surface area (Å²) < 4.78 is 0. The van der Waals surface area contributed by atoms with Crippen molar-refractivity contribution in [2.45, 2.75) is 51.9 Å². The Bertz CT molecular complexity index is 1100. The van der Waals surface area contributed by atoms with Crippen molar-refractivity contribution in [2.24, 2.45) is 0 Å². The zero-order chi connectivity index (χ0) is 23.2. The molecule has 2 heterocycles. The smallest absolute Gasteiger partial charge is 0.275 e. The van der Waals surface area contributed by atoms with E-state index in [-0.39, 0.29) is 11.8 Å². The predicted octanol–water partition coefficient (Wildman–Crippen LogP) is 6.13. The van der Waals surface area contributed by atoms with E-state index >= 15 is 0 Å². The van der Waals surface area contributed by atoms with Gasteiger partial charge in [-0.1, -0.05) is 56.3 Å². The molecule has 0 atom stereocenters. The average Bonchev–Trinajstić information content (AvgIpc) is 3.35. The number of anilines is 1. The summed E-state index contributed by atoms with van der Waals surface area (Å²) in [6.07, 6.45) is 4.31. The van der Waals surface area contributed by atoms with Gasteiger partial charge in [0, 0.05) is 42.1 Å². The van der Waals surface area contributed by atoms with Gasteiger partial charge in [0.1, 0.15) is 5.69 Å². The van der Waals surface area contributed by atoms with Crippen LogP contribution in [-0.2, 0) is 11.2 Å². The minimum atomic E-state index is -0.189. The molecule has 0 radical (unpaired) electrons. The molecule has 0 saturated carbocycles. The molecule has 6 heteroatoms. The molecule has 1 saturated heterocycles. The van der Waals surface area contributed by atoms with E-state index in [2.05, 4.69) is 41.5 Å². The molecule has 1 aliphatic heterocycles. The van der Waals surface area contributed by atoms with Crippen LogP contribution >= 0.6 is 11.3 Å². The molecule has 1 aromatic heterocycles. The second-order valence-corrected chi connectivity index (χ2v) is 9.42. The second-order valence-electron chi connectivity index (χ2n) is 8.53. The van der Waals surface area contributed by atoms with Gasteiger partial charge in [0.05, 0.1) is 5.01 Å². The maximum Gasteiger partial charge on any atom is 0.275 e. The van der Waals surface area contributed by atoms with Crippen molar-refractivity contribution in [1.82, 2.24) is 9.88 Å². The number of piperidine rings is 1. The molecular formula is C27H31N3O2S. The van der Waals surface area contributed by atoms with Crippen LogP contribution in [0.5, 0.6) is 0 Å². The number of amides is 2. The van der Waals surface area contributed by atoms with Gasteiger partial charge in [-0.2, -0.15) is 0 Å². The monoisotopic (exact) mass is 461 g/mol. The van der Waals surface area contributed by atoms with E-state index in [9.17, 15) is 9.59 Å². The van der Waals surface area contributed by atoms with Gasteiger partial charge in [0.25, 0.3) is 5.91 Å². The molecule has 1 fully saturated rings. The first-order chi connectivity index (χ1) is 16.1. The molecule has 33 heavy (non-hydrogen) atoms. The van der Waals surface area contributed by atoms with Crippen molar-refractivity contribution in [3.8, 4) is 11.1 Å². The Morgan fingerprint density at radius 2 is 1.79 bits per heavy atom. The van der Waals surface area contributed by atoms with Crippen molar-refractivity contribution in [1.29, 1.82) is 0 Å². The van der Waals surface area contributed by atoms with Crippen molar-refractivity contribution in [2.75, 3.05) is 18.4 Å². The van der Waals surface area contributed by atoms with E-state index in [0.29, 0.717) is 18.0 Å². The number of likely N-dealkylation sites (tertiary alicyclic amines) is 1. The number of hydrogen-bond donors (Lipinski definition) is 1. The van der Waals surface area contributed by atoms with Gasteiger partial charge in [0.15, 0.2) is 0 Å². The van der Waals surface area contributed by atoms with E-state index in [0.717, 1.165) is 60.6 Å². The van der Waals surface area contributed by atoms with E-state index in [1.54, 1.807) is 11.3 Å². The first kappa shape index (κ1) is 23.2. The number of nitrogens with zero attached hydrogens (tertiary/aromatic N) is 2. The molecule has 3 aromatic rings. The number of carbonyl (C=O) groups excluding carboxylic acids is 2. The summed E-state index contributed by atoms with van der Waals surface area (Å²) in [6, 6.07) is 16.3. The van der Waals surface area contributed by atoms with Crippen LogP contribution < -0.4 is 5.32 Å². The fourth-order valence-corrected chi connectivity index (χ4v) is 5.25. The summed E-state index contributed by atoms with van der Waals surface area (Å²) in [6.45, 7) is 5.72. The minimum absolute atomic E-state index is 0.189. The lowest BCUT2D eigenvalue weighted by molar-refractivity contribution is -0.132. The van der Waals surface area contributed by atoms with Crippen LogP contribution in [0.15, 0.2) is 53.9 Å². The quantitative estimate of drug-likeness (QED) is 0.460. The largest absolute Gasteiger partial charge is 0.343 e. The number of thiazole rings is 1. The molecule has 0 unspecified atom stereocenters. The molecule has 0 aliphatic carbocycles. The molecule has 1 N–H and O–H groups in total. The van der Waals surface area contributed by atoms with Gasteiger partial charge < -0.3 is 10.2 Å². The summed E-state index contributed by atoms with van der Waals surface area (Å²) in [5.41, 5.74) is 4.59. The summed E-state index contributed by atoms with van der Waals surface area (Å²) >= 11 is 1.54. The van der Waals surface area contributed by atoms with Gasteiger partial charge >= 0.3 is 0 Å². The average molecular weight is 462 g/mol. The van der Waals surface area contributed by atoms with E-state index in [4.69, 9.17) is 0 Å². The van der Waals surface area contributed by atoms with E-state index in [1.807, 2.05) is 41.5 Å². The normalized spacial score (nSPS) is 14.3. The molecule has 2 aromatic carbocycles. The highest BCUT2D eigenvalue weighted by molar-refractivity contribution is 7.10. The number of para-hydroxylation sites is 1. The minimum Gasteiger partial charge on any atom is -0.343 e. The maximum absolute atomic E-state index is 13.0. The highest BCUT2D eigenvalue weighted by atomic mass is 32.1. The topological polar surface area (TPSA) is 62.3 Å². The summed E-state index contributed by atoms with van der Waals surface area (Å²) in [5.74, 6) is 0.371.